The number of hydrogen-bond acceptors (Lipinski definition) is 5. The number of carbonyl (C=O) groups excluding carboxylic acids is 1. The van der Waals surface area contributed by atoms with E-state index in [1.807, 2.05) is 46.6 Å². The minimum absolute atomic E-state index is 0.104. The van der Waals surface area contributed by atoms with E-state index in [2.05, 4.69) is 23.6 Å². The summed E-state index contributed by atoms with van der Waals surface area (Å²) in [7, 11) is 0. The van der Waals surface area contributed by atoms with Crippen LogP contribution in [0.4, 0.5) is 0 Å². The lowest BCUT2D eigenvalue weighted by atomic mass is 10.1. The predicted octanol–water partition coefficient (Wildman–Crippen LogP) is 5.05. The summed E-state index contributed by atoms with van der Waals surface area (Å²) in [5.74, 6) is 2.53. The first-order valence-electron chi connectivity index (χ1n) is 9.06. The molecule has 1 aromatic carbocycles. The number of ether oxygens (including phenoxy) is 1. The van der Waals surface area contributed by atoms with Crippen LogP contribution in [0.2, 0.25) is 0 Å². The number of carbonyl (C=O) groups is 1. The van der Waals surface area contributed by atoms with E-state index in [0.29, 0.717) is 17.7 Å². The van der Waals surface area contributed by atoms with Crippen LogP contribution in [0.15, 0.2) is 41.8 Å². The topological polar surface area (TPSA) is 29.5 Å². The minimum Gasteiger partial charge on any atom is -0.376 e. The lowest BCUT2D eigenvalue weighted by Gasteiger charge is -2.25. The first-order chi connectivity index (χ1) is 12.8. The third-order valence-electron chi connectivity index (χ3n) is 4.71. The number of thiophene rings is 1. The van der Waals surface area contributed by atoms with Crippen LogP contribution in [0.5, 0.6) is 0 Å². The van der Waals surface area contributed by atoms with E-state index in [1.54, 1.807) is 11.3 Å². The number of nitrogens with zero attached hydrogens (tertiary/aromatic N) is 1. The van der Waals surface area contributed by atoms with Gasteiger partial charge in [0.25, 0.3) is 5.91 Å². The summed E-state index contributed by atoms with van der Waals surface area (Å²) in [6.07, 6.45) is 2.31. The average molecular weight is 406 g/mol. The van der Waals surface area contributed by atoms with Crippen LogP contribution >= 0.6 is 34.9 Å². The monoisotopic (exact) mass is 405 g/mol. The molecule has 2 aliphatic heterocycles. The van der Waals surface area contributed by atoms with E-state index in [1.165, 1.54) is 21.9 Å². The Morgan fingerprint density at radius 1 is 1.15 bits per heavy atom. The second kappa shape index (κ2) is 8.83. The van der Waals surface area contributed by atoms with Gasteiger partial charge in [0.2, 0.25) is 0 Å². The Morgan fingerprint density at radius 2 is 1.96 bits per heavy atom. The summed E-state index contributed by atoms with van der Waals surface area (Å²) in [5.41, 5.74) is 2.09. The molecular weight excluding hydrogens is 382 g/mol. The minimum atomic E-state index is 0.104. The molecule has 3 nitrogen and oxygen atoms in total. The molecule has 0 N–H and O–H groups in total. The Bertz CT molecular complexity index is 705. The molecule has 6 heteroatoms. The number of amides is 1. The quantitative estimate of drug-likeness (QED) is 0.673. The van der Waals surface area contributed by atoms with E-state index < -0.39 is 0 Å². The van der Waals surface area contributed by atoms with Gasteiger partial charge in [-0.05, 0) is 42.0 Å². The molecule has 0 aliphatic carbocycles. The van der Waals surface area contributed by atoms with Crippen molar-refractivity contribution in [2.45, 2.75) is 30.1 Å². The highest BCUT2D eigenvalue weighted by molar-refractivity contribution is 8.19. The molecule has 0 radical (unpaired) electrons. The maximum atomic E-state index is 13.2. The molecule has 4 rings (SSSR count). The summed E-state index contributed by atoms with van der Waals surface area (Å²) in [5, 5.41) is 2.07. The number of thioether (sulfide) groups is 2. The Morgan fingerprint density at radius 3 is 2.62 bits per heavy atom. The lowest BCUT2D eigenvalue weighted by molar-refractivity contribution is 0.0509. The fourth-order valence-electron chi connectivity index (χ4n) is 3.36. The zero-order valence-electron chi connectivity index (χ0n) is 14.6. The highest BCUT2D eigenvalue weighted by Crippen LogP contribution is 2.45. The smallest absolute Gasteiger partial charge is 0.254 e. The van der Waals surface area contributed by atoms with Crippen LogP contribution in [0.25, 0.3) is 0 Å². The Labute approximate surface area is 167 Å². The first-order valence-corrected chi connectivity index (χ1v) is 12.0. The third kappa shape index (κ3) is 4.47. The second-order valence-corrected chi connectivity index (χ2v) is 10.4. The highest BCUT2D eigenvalue weighted by Gasteiger charge is 2.24. The van der Waals surface area contributed by atoms with Gasteiger partial charge in [-0.1, -0.05) is 18.2 Å². The standard InChI is InChI=1S/C20H23NO2S3/c22-19(15-5-7-16(8-6-15)20-25-11-12-26-20)21(13-17-3-1-9-23-17)14-18-4-2-10-24-18/h2,4-8,10,17,20H,1,3,9,11-14H2. The van der Waals surface area contributed by atoms with E-state index >= 15 is 0 Å². The summed E-state index contributed by atoms with van der Waals surface area (Å²) < 4.78 is 6.30. The summed E-state index contributed by atoms with van der Waals surface area (Å²) in [6, 6.07) is 12.4. The fraction of sp³-hybridized carbons (Fsp3) is 0.450. The first kappa shape index (κ1) is 18.4. The molecular formula is C20H23NO2S3. The van der Waals surface area contributed by atoms with Crippen LogP contribution in [0, 0.1) is 0 Å². The van der Waals surface area contributed by atoms with Crippen LogP contribution in [-0.2, 0) is 11.3 Å². The maximum absolute atomic E-state index is 13.2. The van der Waals surface area contributed by atoms with E-state index in [9.17, 15) is 4.79 Å². The SMILES string of the molecule is O=C(c1ccc(C2SCCS2)cc1)N(Cc1cccs1)CC1CCCO1. The van der Waals surface area contributed by atoms with Crippen LogP contribution in [0.1, 0.15) is 38.2 Å². The van der Waals surface area contributed by atoms with E-state index in [4.69, 9.17) is 4.74 Å². The molecule has 2 aromatic rings. The van der Waals surface area contributed by atoms with Gasteiger partial charge < -0.3 is 9.64 Å². The van der Waals surface area contributed by atoms with Crippen LogP contribution in [-0.4, -0.2) is 41.6 Å². The van der Waals surface area contributed by atoms with Crippen molar-refractivity contribution in [3.8, 4) is 0 Å². The van der Waals surface area contributed by atoms with Crippen molar-refractivity contribution in [1.29, 1.82) is 0 Å². The number of rotatable bonds is 6. The van der Waals surface area contributed by atoms with Gasteiger partial charge in [0.1, 0.15) is 0 Å². The van der Waals surface area contributed by atoms with Gasteiger partial charge in [0.15, 0.2) is 0 Å². The largest absolute Gasteiger partial charge is 0.376 e. The van der Waals surface area contributed by atoms with Gasteiger partial charge in [-0.25, -0.2) is 0 Å². The van der Waals surface area contributed by atoms with Crippen molar-refractivity contribution >= 4 is 40.8 Å². The molecule has 1 atom stereocenters. The molecule has 3 heterocycles. The summed E-state index contributed by atoms with van der Waals surface area (Å²) in [4.78, 5) is 16.3. The Balaban J connectivity index is 1.48. The van der Waals surface area contributed by atoms with Gasteiger partial charge in [-0.15, -0.1) is 34.9 Å². The van der Waals surface area contributed by atoms with Gasteiger partial charge >= 0.3 is 0 Å². The van der Waals surface area contributed by atoms with Gasteiger partial charge in [-0.3, -0.25) is 4.79 Å². The normalized spacial score (nSPS) is 20.5. The lowest BCUT2D eigenvalue weighted by Crippen LogP contribution is -2.36. The van der Waals surface area contributed by atoms with Crippen molar-refractivity contribution in [1.82, 2.24) is 4.90 Å². The Kier molecular flexibility index (Phi) is 6.25. The molecule has 26 heavy (non-hydrogen) atoms. The van der Waals surface area contributed by atoms with Crippen molar-refractivity contribution in [3.05, 3.63) is 57.8 Å². The molecule has 0 saturated carbocycles. The molecule has 1 aromatic heterocycles. The number of benzene rings is 1. The van der Waals surface area contributed by atoms with E-state index in [-0.39, 0.29) is 12.0 Å². The van der Waals surface area contributed by atoms with Gasteiger partial charge in [0, 0.05) is 35.1 Å². The van der Waals surface area contributed by atoms with Crippen molar-refractivity contribution in [2.24, 2.45) is 0 Å². The van der Waals surface area contributed by atoms with Crippen LogP contribution < -0.4 is 0 Å². The third-order valence-corrected chi connectivity index (χ3v) is 8.68. The molecule has 2 aliphatic rings. The van der Waals surface area contributed by atoms with Crippen molar-refractivity contribution in [3.63, 3.8) is 0 Å². The summed E-state index contributed by atoms with van der Waals surface area (Å²) in [6.45, 7) is 2.15. The number of hydrogen-bond donors (Lipinski definition) is 0. The molecule has 1 unspecified atom stereocenters. The molecule has 0 bridgehead atoms. The highest BCUT2D eigenvalue weighted by atomic mass is 32.2. The molecule has 2 saturated heterocycles. The maximum Gasteiger partial charge on any atom is 0.254 e. The molecule has 2 fully saturated rings. The zero-order valence-corrected chi connectivity index (χ0v) is 17.1. The predicted molar refractivity (Wildman–Crippen MR) is 112 cm³/mol. The fourth-order valence-corrected chi connectivity index (χ4v) is 6.94. The summed E-state index contributed by atoms with van der Waals surface area (Å²) >= 11 is 5.69. The Hall–Kier alpha value is -0.950. The van der Waals surface area contributed by atoms with Gasteiger partial charge in [0.05, 0.1) is 17.2 Å². The second-order valence-electron chi connectivity index (χ2n) is 6.60. The van der Waals surface area contributed by atoms with Gasteiger partial charge in [-0.2, -0.15) is 0 Å². The van der Waals surface area contributed by atoms with E-state index in [0.717, 1.165) is 25.0 Å². The molecule has 1 amide bonds. The van der Waals surface area contributed by atoms with Crippen molar-refractivity contribution < 1.29 is 9.53 Å². The molecule has 138 valence electrons. The van der Waals surface area contributed by atoms with Crippen molar-refractivity contribution in [2.75, 3.05) is 24.7 Å². The zero-order chi connectivity index (χ0) is 17.8. The average Bonchev–Trinajstić information content (AvgIpc) is 3.43. The molecule has 0 spiro atoms. The van der Waals surface area contributed by atoms with Crippen LogP contribution in [0.3, 0.4) is 0 Å².